The van der Waals surface area contributed by atoms with E-state index < -0.39 is 0 Å². The third-order valence-electron chi connectivity index (χ3n) is 3.88. The van der Waals surface area contributed by atoms with E-state index in [2.05, 4.69) is 54.1 Å². The molecular formula is C13H26N2S2. The highest BCUT2D eigenvalue weighted by molar-refractivity contribution is 8.03. The maximum atomic E-state index is 2.74. The summed E-state index contributed by atoms with van der Waals surface area (Å²) in [5, 5.41) is 0. The van der Waals surface area contributed by atoms with Gasteiger partial charge >= 0.3 is 0 Å². The van der Waals surface area contributed by atoms with Crippen LogP contribution in [0.5, 0.6) is 0 Å². The molecule has 0 radical (unpaired) electrons. The molecule has 0 aromatic carbocycles. The van der Waals surface area contributed by atoms with Crippen molar-refractivity contribution in [1.82, 2.24) is 9.80 Å². The molecule has 17 heavy (non-hydrogen) atoms. The molecule has 0 spiro atoms. The lowest BCUT2D eigenvalue weighted by Gasteiger charge is -2.44. The number of hydrogen-bond donors (Lipinski definition) is 0. The van der Waals surface area contributed by atoms with E-state index in [1.54, 1.807) is 0 Å². The second kappa shape index (κ2) is 6.69. The second-order valence-electron chi connectivity index (χ2n) is 5.48. The monoisotopic (exact) mass is 274 g/mol. The Labute approximate surface area is 115 Å². The molecule has 1 atom stereocenters. The summed E-state index contributed by atoms with van der Waals surface area (Å²) in [5.74, 6) is 5.40. The van der Waals surface area contributed by atoms with Crippen molar-refractivity contribution in [2.24, 2.45) is 0 Å². The summed E-state index contributed by atoms with van der Waals surface area (Å²) in [4.78, 5) is 5.39. The maximum Gasteiger partial charge on any atom is 0.0278 e. The largest absolute Gasteiger partial charge is 0.296 e. The van der Waals surface area contributed by atoms with Crippen LogP contribution in [-0.4, -0.2) is 70.6 Å². The average molecular weight is 274 g/mol. The van der Waals surface area contributed by atoms with Gasteiger partial charge in [0.15, 0.2) is 0 Å². The Morgan fingerprint density at radius 3 is 2.24 bits per heavy atom. The fourth-order valence-electron chi connectivity index (χ4n) is 2.91. The molecule has 2 nitrogen and oxygen atoms in total. The van der Waals surface area contributed by atoms with Crippen molar-refractivity contribution in [2.45, 2.75) is 38.9 Å². The van der Waals surface area contributed by atoms with Crippen molar-refractivity contribution < 1.29 is 0 Å². The smallest absolute Gasteiger partial charge is 0.0278 e. The van der Waals surface area contributed by atoms with E-state index in [-0.39, 0.29) is 0 Å². The minimum Gasteiger partial charge on any atom is -0.296 e. The Balaban J connectivity index is 1.87. The third kappa shape index (κ3) is 3.79. The standard InChI is InChI=1S/C13H26N2S2/c1-11(2)15-5-4-14(8-12(15)3)13-9-16-6-7-17-10-13/h11-13H,4-10H2,1-3H3/t12-/m0/s1. The van der Waals surface area contributed by atoms with Crippen LogP contribution in [0.3, 0.4) is 0 Å². The zero-order valence-corrected chi connectivity index (χ0v) is 13.0. The molecule has 2 aliphatic heterocycles. The molecule has 0 bridgehead atoms. The zero-order chi connectivity index (χ0) is 12.3. The van der Waals surface area contributed by atoms with Crippen molar-refractivity contribution in [3.8, 4) is 0 Å². The van der Waals surface area contributed by atoms with Gasteiger partial charge < -0.3 is 0 Å². The molecule has 2 saturated heterocycles. The van der Waals surface area contributed by atoms with Crippen LogP contribution in [0.4, 0.5) is 0 Å². The van der Waals surface area contributed by atoms with Gasteiger partial charge in [-0.2, -0.15) is 23.5 Å². The zero-order valence-electron chi connectivity index (χ0n) is 11.4. The number of thioether (sulfide) groups is 2. The van der Waals surface area contributed by atoms with Crippen LogP contribution in [-0.2, 0) is 0 Å². The molecule has 0 aromatic heterocycles. The summed E-state index contributed by atoms with van der Waals surface area (Å²) < 4.78 is 0. The molecule has 0 aromatic rings. The van der Waals surface area contributed by atoms with Gasteiger partial charge in [0, 0.05) is 60.8 Å². The summed E-state index contributed by atoms with van der Waals surface area (Å²) in [7, 11) is 0. The van der Waals surface area contributed by atoms with Gasteiger partial charge in [-0.15, -0.1) is 0 Å². The number of rotatable bonds is 2. The van der Waals surface area contributed by atoms with E-state index >= 15 is 0 Å². The van der Waals surface area contributed by atoms with Gasteiger partial charge in [0.25, 0.3) is 0 Å². The minimum absolute atomic E-state index is 0.699. The summed E-state index contributed by atoms with van der Waals surface area (Å²) in [6.07, 6.45) is 0. The molecule has 0 saturated carbocycles. The highest BCUT2D eigenvalue weighted by atomic mass is 32.2. The van der Waals surface area contributed by atoms with Crippen LogP contribution in [0.15, 0.2) is 0 Å². The fourth-order valence-corrected chi connectivity index (χ4v) is 5.54. The Bertz CT molecular complexity index is 227. The molecule has 2 fully saturated rings. The Hall–Kier alpha value is 0.620. The third-order valence-corrected chi connectivity index (χ3v) is 6.37. The molecule has 2 heterocycles. The molecular weight excluding hydrogens is 248 g/mol. The van der Waals surface area contributed by atoms with E-state index in [0.29, 0.717) is 6.04 Å². The van der Waals surface area contributed by atoms with Crippen LogP contribution in [0.2, 0.25) is 0 Å². The summed E-state index contributed by atoms with van der Waals surface area (Å²) in [6, 6.07) is 2.25. The lowest BCUT2D eigenvalue weighted by atomic mass is 10.1. The van der Waals surface area contributed by atoms with E-state index in [0.717, 1.165) is 12.1 Å². The average Bonchev–Trinajstić information content (AvgIpc) is 2.56. The topological polar surface area (TPSA) is 6.48 Å². The van der Waals surface area contributed by atoms with Crippen LogP contribution in [0, 0.1) is 0 Å². The van der Waals surface area contributed by atoms with Gasteiger partial charge in [0.05, 0.1) is 0 Å². The quantitative estimate of drug-likeness (QED) is 0.761. The molecule has 100 valence electrons. The number of hydrogen-bond acceptors (Lipinski definition) is 4. The van der Waals surface area contributed by atoms with Crippen molar-refractivity contribution in [3.05, 3.63) is 0 Å². The molecule has 0 aliphatic carbocycles. The predicted molar refractivity (Wildman–Crippen MR) is 81.3 cm³/mol. The van der Waals surface area contributed by atoms with Crippen molar-refractivity contribution >= 4 is 23.5 Å². The van der Waals surface area contributed by atoms with Gasteiger partial charge in [-0.25, -0.2) is 0 Å². The second-order valence-corrected chi connectivity index (χ2v) is 7.78. The lowest BCUT2D eigenvalue weighted by Crippen LogP contribution is -2.57. The summed E-state index contributed by atoms with van der Waals surface area (Å²) >= 11 is 4.30. The van der Waals surface area contributed by atoms with Crippen LogP contribution in [0.25, 0.3) is 0 Å². The van der Waals surface area contributed by atoms with E-state index in [9.17, 15) is 0 Å². The summed E-state index contributed by atoms with van der Waals surface area (Å²) in [5.41, 5.74) is 0. The molecule has 4 heteroatoms. The predicted octanol–water partition coefficient (Wildman–Crippen LogP) is 2.25. The van der Waals surface area contributed by atoms with Crippen molar-refractivity contribution in [3.63, 3.8) is 0 Å². The molecule has 0 amide bonds. The summed E-state index contributed by atoms with van der Waals surface area (Å²) in [6.45, 7) is 10.8. The normalized spacial score (nSPS) is 30.7. The first kappa shape index (κ1) is 14.0. The van der Waals surface area contributed by atoms with Gasteiger partial charge in [0.2, 0.25) is 0 Å². The Kier molecular flexibility index (Phi) is 5.52. The Morgan fingerprint density at radius 1 is 1.06 bits per heavy atom. The molecule has 0 unspecified atom stereocenters. The van der Waals surface area contributed by atoms with Gasteiger partial charge in [-0.05, 0) is 20.8 Å². The highest BCUT2D eigenvalue weighted by Gasteiger charge is 2.29. The first-order valence-corrected chi connectivity index (χ1v) is 9.14. The van der Waals surface area contributed by atoms with Crippen molar-refractivity contribution in [2.75, 3.05) is 42.6 Å². The van der Waals surface area contributed by atoms with Crippen LogP contribution < -0.4 is 0 Å². The maximum absolute atomic E-state index is 2.74. The number of piperazine rings is 1. The highest BCUT2D eigenvalue weighted by Crippen LogP contribution is 2.23. The van der Waals surface area contributed by atoms with Gasteiger partial charge in [-0.3, -0.25) is 9.80 Å². The van der Waals surface area contributed by atoms with Crippen LogP contribution in [0.1, 0.15) is 20.8 Å². The van der Waals surface area contributed by atoms with Crippen LogP contribution >= 0.6 is 23.5 Å². The molecule has 2 aliphatic rings. The van der Waals surface area contributed by atoms with E-state index in [1.165, 1.54) is 42.6 Å². The minimum atomic E-state index is 0.699. The molecule has 2 rings (SSSR count). The van der Waals surface area contributed by atoms with Gasteiger partial charge in [-0.1, -0.05) is 0 Å². The molecule has 0 N–H and O–H groups in total. The lowest BCUT2D eigenvalue weighted by molar-refractivity contribution is 0.0467. The van der Waals surface area contributed by atoms with Gasteiger partial charge in [0.1, 0.15) is 0 Å². The SMILES string of the molecule is CC(C)N1CCN(C2CSCCSC2)C[C@@H]1C. The first-order chi connectivity index (χ1) is 8.18. The Morgan fingerprint density at radius 2 is 1.71 bits per heavy atom. The number of nitrogens with zero attached hydrogens (tertiary/aromatic N) is 2. The van der Waals surface area contributed by atoms with E-state index in [1.807, 2.05) is 0 Å². The van der Waals surface area contributed by atoms with E-state index in [4.69, 9.17) is 0 Å². The first-order valence-electron chi connectivity index (χ1n) is 6.83. The fraction of sp³-hybridized carbons (Fsp3) is 1.00. The van der Waals surface area contributed by atoms with Crippen molar-refractivity contribution in [1.29, 1.82) is 0 Å².